The highest BCUT2D eigenvalue weighted by atomic mass is 35.5. The van der Waals surface area contributed by atoms with Crippen LogP contribution in [0.15, 0.2) is 71.6 Å². The third kappa shape index (κ3) is 7.32. The second-order valence-corrected chi connectivity index (χ2v) is 10.3. The maximum absolute atomic E-state index is 13.0. The third-order valence-electron chi connectivity index (χ3n) is 5.53. The van der Waals surface area contributed by atoms with Gasteiger partial charge in [0.15, 0.2) is 15.8 Å². The van der Waals surface area contributed by atoms with Gasteiger partial charge in [-0.25, -0.2) is 0 Å². The van der Waals surface area contributed by atoms with E-state index in [1.165, 1.54) is 7.11 Å². The summed E-state index contributed by atoms with van der Waals surface area (Å²) in [4.78, 5) is 36.8. The Hall–Kier alpha value is -4.06. The molecule has 1 aliphatic rings. The number of carboxylic acids is 1. The Morgan fingerprint density at radius 2 is 1.82 bits per heavy atom. The second-order valence-electron chi connectivity index (χ2n) is 8.27. The van der Waals surface area contributed by atoms with Gasteiger partial charge in [0.1, 0.15) is 12.4 Å². The van der Waals surface area contributed by atoms with Gasteiger partial charge in [-0.15, -0.1) is 0 Å². The number of halogens is 1. The summed E-state index contributed by atoms with van der Waals surface area (Å²) in [7, 11) is 1.45. The zero-order valence-electron chi connectivity index (χ0n) is 21.1. The van der Waals surface area contributed by atoms with E-state index in [1.54, 1.807) is 54.6 Å². The number of hydrogen-bond acceptors (Lipinski definition) is 8. The molecule has 1 aliphatic heterocycles. The molecule has 0 radical (unpaired) electrons. The van der Waals surface area contributed by atoms with Gasteiger partial charge in [0.25, 0.3) is 11.8 Å². The van der Waals surface area contributed by atoms with Crippen LogP contribution < -0.4 is 19.6 Å². The summed E-state index contributed by atoms with van der Waals surface area (Å²) in [6, 6.07) is 18.8. The molecular formula is C28H23ClN2O7S2. The van der Waals surface area contributed by atoms with Crippen molar-refractivity contribution in [2.24, 2.45) is 0 Å². The fourth-order valence-electron chi connectivity index (χ4n) is 3.50. The van der Waals surface area contributed by atoms with Gasteiger partial charge in [0, 0.05) is 16.1 Å². The molecule has 2 N–H and O–H groups in total. The van der Waals surface area contributed by atoms with Crippen LogP contribution in [-0.4, -0.2) is 45.9 Å². The molecule has 1 saturated heterocycles. The fraction of sp³-hybridized carbons (Fsp3) is 0.143. The first-order valence-electron chi connectivity index (χ1n) is 11.8. The molecule has 0 atom stereocenters. The molecule has 0 aliphatic carbocycles. The van der Waals surface area contributed by atoms with E-state index >= 15 is 0 Å². The Balaban J connectivity index is 1.38. The van der Waals surface area contributed by atoms with E-state index in [1.807, 2.05) is 18.2 Å². The van der Waals surface area contributed by atoms with Crippen LogP contribution >= 0.6 is 35.6 Å². The standard InChI is InChI=1S/C28H23ClN2O7S2/c1-36-23-14-17(6-11-22(23)37-13-12-25(32)33)15-24-27(35)31(28(39)40-24)30-26(34)18-7-9-20(10-8-18)38-16-19-4-2-3-5-21(19)29/h2-11,14-15H,12-13,16H2,1H3,(H,30,34)(H,32,33)/b24-15+. The average molecular weight is 599 g/mol. The van der Waals surface area contributed by atoms with E-state index in [9.17, 15) is 14.4 Å². The molecule has 12 heteroatoms. The van der Waals surface area contributed by atoms with Crippen LogP contribution in [0.4, 0.5) is 0 Å². The normalized spacial score (nSPS) is 13.8. The monoisotopic (exact) mass is 598 g/mol. The second kappa shape index (κ2) is 13.3. The quantitative estimate of drug-likeness (QED) is 0.223. The highest BCUT2D eigenvalue weighted by molar-refractivity contribution is 8.26. The summed E-state index contributed by atoms with van der Waals surface area (Å²) in [6.45, 7) is 0.266. The van der Waals surface area contributed by atoms with Gasteiger partial charge in [-0.3, -0.25) is 19.8 Å². The number of nitrogens with one attached hydrogen (secondary N) is 1. The van der Waals surface area contributed by atoms with E-state index < -0.39 is 17.8 Å². The molecule has 0 spiro atoms. The molecule has 4 rings (SSSR count). The van der Waals surface area contributed by atoms with Crippen LogP contribution in [-0.2, 0) is 16.2 Å². The number of hydrogen-bond donors (Lipinski definition) is 2. The molecular weight excluding hydrogens is 576 g/mol. The van der Waals surface area contributed by atoms with Crippen molar-refractivity contribution >= 4 is 63.8 Å². The molecule has 0 unspecified atom stereocenters. The fourth-order valence-corrected chi connectivity index (χ4v) is 4.87. The number of methoxy groups -OCH3 is 1. The van der Waals surface area contributed by atoms with Crippen molar-refractivity contribution in [1.82, 2.24) is 10.4 Å². The van der Waals surface area contributed by atoms with Gasteiger partial charge < -0.3 is 19.3 Å². The smallest absolute Gasteiger partial charge is 0.306 e. The molecule has 2 amide bonds. The highest BCUT2D eigenvalue weighted by Gasteiger charge is 2.34. The lowest BCUT2D eigenvalue weighted by Gasteiger charge is -2.16. The number of carbonyl (C=O) groups excluding carboxylic acids is 2. The number of ether oxygens (including phenoxy) is 3. The first-order chi connectivity index (χ1) is 19.2. The van der Waals surface area contributed by atoms with Crippen molar-refractivity contribution in [2.75, 3.05) is 13.7 Å². The van der Waals surface area contributed by atoms with Gasteiger partial charge in [0.05, 0.1) is 25.0 Å². The number of rotatable bonds is 11. The van der Waals surface area contributed by atoms with Gasteiger partial charge in [-0.1, -0.05) is 47.6 Å². The van der Waals surface area contributed by atoms with Crippen LogP contribution in [0.1, 0.15) is 27.9 Å². The Labute approximate surface area is 244 Å². The number of aliphatic carboxylic acids is 1. The Morgan fingerprint density at radius 1 is 1.07 bits per heavy atom. The number of benzene rings is 3. The van der Waals surface area contributed by atoms with E-state index in [0.717, 1.165) is 22.3 Å². The number of hydrazine groups is 1. The molecule has 3 aromatic carbocycles. The van der Waals surface area contributed by atoms with Crippen molar-refractivity contribution in [3.63, 3.8) is 0 Å². The SMILES string of the molecule is COc1cc(/C=C2/SC(=S)N(NC(=O)c3ccc(OCc4ccccc4Cl)cc3)C2=O)ccc1OCCC(=O)O. The van der Waals surface area contributed by atoms with Gasteiger partial charge in [-0.2, -0.15) is 5.01 Å². The number of thioether (sulfide) groups is 1. The lowest BCUT2D eigenvalue weighted by molar-refractivity contribution is -0.137. The summed E-state index contributed by atoms with van der Waals surface area (Å²) in [6.07, 6.45) is 1.46. The van der Waals surface area contributed by atoms with Crippen LogP contribution in [0.2, 0.25) is 5.02 Å². The molecule has 9 nitrogen and oxygen atoms in total. The van der Waals surface area contributed by atoms with Crippen LogP contribution in [0.3, 0.4) is 0 Å². The van der Waals surface area contributed by atoms with Crippen molar-refractivity contribution < 1.29 is 33.7 Å². The van der Waals surface area contributed by atoms with E-state index in [-0.39, 0.29) is 24.0 Å². The van der Waals surface area contributed by atoms with Crippen molar-refractivity contribution in [3.8, 4) is 17.2 Å². The molecule has 0 aromatic heterocycles. The molecule has 206 valence electrons. The predicted molar refractivity (Wildman–Crippen MR) is 155 cm³/mol. The summed E-state index contributed by atoms with van der Waals surface area (Å²) < 4.78 is 16.7. The maximum atomic E-state index is 13.0. The highest BCUT2D eigenvalue weighted by Crippen LogP contribution is 2.34. The number of thiocarbonyl (C=S) groups is 1. The maximum Gasteiger partial charge on any atom is 0.306 e. The lowest BCUT2D eigenvalue weighted by Crippen LogP contribution is -2.44. The molecule has 3 aromatic rings. The predicted octanol–water partition coefficient (Wildman–Crippen LogP) is 5.33. The number of nitrogens with zero attached hydrogens (tertiary/aromatic N) is 1. The Bertz CT molecular complexity index is 1480. The zero-order valence-corrected chi connectivity index (χ0v) is 23.5. The van der Waals surface area contributed by atoms with E-state index in [0.29, 0.717) is 38.3 Å². The summed E-state index contributed by atoms with van der Waals surface area (Å²) in [5.41, 5.74) is 4.33. The first kappa shape index (κ1) is 28.9. The molecule has 1 fully saturated rings. The number of carbonyl (C=O) groups is 3. The topological polar surface area (TPSA) is 114 Å². The van der Waals surface area contributed by atoms with E-state index in [4.69, 9.17) is 43.1 Å². The van der Waals surface area contributed by atoms with E-state index in [2.05, 4.69) is 5.43 Å². The van der Waals surface area contributed by atoms with Crippen molar-refractivity contribution in [3.05, 3.63) is 93.3 Å². The van der Waals surface area contributed by atoms with Gasteiger partial charge in [0.2, 0.25) is 0 Å². The summed E-state index contributed by atoms with van der Waals surface area (Å²) in [5, 5.41) is 10.4. The molecule has 0 saturated carbocycles. The number of carboxylic acid groups (broad SMARTS) is 1. The van der Waals surface area contributed by atoms with Crippen LogP contribution in [0.25, 0.3) is 6.08 Å². The molecule has 40 heavy (non-hydrogen) atoms. The first-order valence-corrected chi connectivity index (χ1v) is 13.4. The zero-order chi connectivity index (χ0) is 28.6. The van der Waals surface area contributed by atoms with Crippen molar-refractivity contribution in [2.45, 2.75) is 13.0 Å². The molecule has 1 heterocycles. The number of amides is 2. The van der Waals surface area contributed by atoms with Gasteiger partial charge in [-0.05, 0) is 66.3 Å². The minimum Gasteiger partial charge on any atom is -0.493 e. The minimum atomic E-state index is -0.972. The Kier molecular flexibility index (Phi) is 9.65. The summed E-state index contributed by atoms with van der Waals surface area (Å²) >= 11 is 12.5. The lowest BCUT2D eigenvalue weighted by atomic mass is 10.2. The third-order valence-corrected chi connectivity index (χ3v) is 7.21. The minimum absolute atomic E-state index is 0.0122. The summed E-state index contributed by atoms with van der Waals surface area (Å²) in [5.74, 6) is -0.661. The largest absolute Gasteiger partial charge is 0.493 e. The van der Waals surface area contributed by atoms with Crippen molar-refractivity contribution in [1.29, 1.82) is 0 Å². The Morgan fingerprint density at radius 3 is 2.52 bits per heavy atom. The van der Waals surface area contributed by atoms with Crippen LogP contribution in [0.5, 0.6) is 17.2 Å². The van der Waals surface area contributed by atoms with Gasteiger partial charge >= 0.3 is 5.97 Å². The van der Waals surface area contributed by atoms with Crippen LogP contribution in [0, 0.1) is 0 Å². The average Bonchev–Trinajstić information content (AvgIpc) is 3.20. The molecule has 0 bridgehead atoms.